The lowest BCUT2D eigenvalue weighted by atomic mass is 10.1. The molecular weight excluding hydrogens is 234 g/mol. The van der Waals surface area contributed by atoms with Gasteiger partial charge in [0.15, 0.2) is 0 Å². The first-order valence-corrected chi connectivity index (χ1v) is 5.82. The van der Waals surface area contributed by atoms with Crippen molar-refractivity contribution in [2.75, 3.05) is 13.2 Å². The zero-order chi connectivity index (χ0) is 13.3. The van der Waals surface area contributed by atoms with Gasteiger partial charge in [-0.05, 0) is 32.0 Å². The van der Waals surface area contributed by atoms with Crippen LogP contribution in [0.5, 0.6) is 5.75 Å². The maximum atomic E-state index is 12.0. The van der Waals surface area contributed by atoms with Gasteiger partial charge in [-0.15, -0.1) is 0 Å². The van der Waals surface area contributed by atoms with Gasteiger partial charge in [0.25, 0.3) is 11.8 Å². The van der Waals surface area contributed by atoms with E-state index in [-0.39, 0.29) is 31.1 Å². The first kappa shape index (κ1) is 12.6. The number of rotatable bonds is 4. The SMILES string of the molecule is CC(C)Oc1ccc2c(c1)C(=O)N(CCO)C2=O. The van der Waals surface area contributed by atoms with Crippen LogP contribution in [0.1, 0.15) is 34.6 Å². The standard InChI is InChI=1S/C13H15NO4/c1-8(2)18-9-3-4-10-11(7-9)13(17)14(5-6-15)12(10)16/h3-4,7-8,15H,5-6H2,1-2H3. The molecule has 0 aliphatic carbocycles. The summed E-state index contributed by atoms with van der Waals surface area (Å²) >= 11 is 0. The van der Waals surface area contributed by atoms with Gasteiger partial charge in [0, 0.05) is 0 Å². The molecule has 1 heterocycles. The number of hydrogen-bond acceptors (Lipinski definition) is 4. The summed E-state index contributed by atoms with van der Waals surface area (Å²) < 4.78 is 5.49. The van der Waals surface area contributed by atoms with Gasteiger partial charge in [-0.3, -0.25) is 14.5 Å². The molecule has 1 aromatic carbocycles. The minimum atomic E-state index is -0.377. The smallest absolute Gasteiger partial charge is 0.261 e. The highest BCUT2D eigenvalue weighted by Crippen LogP contribution is 2.27. The summed E-state index contributed by atoms with van der Waals surface area (Å²) in [5.74, 6) is -0.172. The van der Waals surface area contributed by atoms with Crippen LogP contribution in [0.3, 0.4) is 0 Å². The summed E-state index contributed by atoms with van der Waals surface area (Å²) in [5, 5.41) is 8.84. The zero-order valence-electron chi connectivity index (χ0n) is 10.3. The molecular formula is C13H15NO4. The average molecular weight is 249 g/mol. The topological polar surface area (TPSA) is 66.8 Å². The van der Waals surface area contributed by atoms with Crippen LogP contribution in [0.15, 0.2) is 18.2 Å². The highest BCUT2D eigenvalue weighted by Gasteiger charge is 2.35. The van der Waals surface area contributed by atoms with Crippen molar-refractivity contribution in [2.24, 2.45) is 0 Å². The monoisotopic (exact) mass is 249 g/mol. The third-order valence-electron chi connectivity index (χ3n) is 2.64. The molecule has 0 bridgehead atoms. The van der Waals surface area contributed by atoms with Crippen molar-refractivity contribution in [1.29, 1.82) is 0 Å². The molecule has 0 aromatic heterocycles. The molecule has 1 N–H and O–H groups in total. The number of nitrogens with zero attached hydrogens (tertiary/aromatic N) is 1. The van der Waals surface area contributed by atoms with E-state index in [0.717, 1.165) is 4.90 Å². The van der Waals surface area contributed by atoms with Gasteiger partial charge in [-0.1, -0.05) is 0 Å². The van der Waals surface area contributed by atoms with Crippen LogP contribution in [0.25, 0.3) is 0 Å². The molecule has 0 spiro atoms. The molecule has 5 heteroatoms. The van der Waals surface area contributed by atoms with E-state index in [1.165, 1.54) is 0 Å². The number of imide groups is 1. The number of fused-ring (bicyclic) bond motifs is 1. The van der Waals surface area contributed by atoms with Crippen LogP contribution in [0, 0.1) is 0 Å². The lowest BCUT2D eigenvalue weighted by Crippen LogP contribution is -2.32. The number of amides is 2. The number of aliphatic hydroxyl groups excluding tert-OH is 1. The van der Waals surface area contributed by atoms with E-state index < -0.39 is 0 Å². The van der Waals surface area contributed by atoms with Crippen LogP contribution >= 0.6 is 0 Å². The fourth-order valence-electron chi connectivity index (χ4n) is 1.92. The van der Waals surface area contributed by atoms with E-state index in [1.54, 1.807) is 18.2 Å². The summed E-state index contributed by atoms with van der Waals surface area (Å²) in [6.45, 7) is 3.56. The fraction of sp³-hybridized carbons (Fsp3) is 0.385. The van der Waals surface area contributed by atoms with E-state index in [4.69, 9.17) is 9.84 Å². The Labute approximate surface area is 105 Å². The highest BCUT2D eigenvalue weighted by atomic mass is 16.5. The number of carbonyl (C=O) groups is 2. The number of aliphatic hydroxyl groups is 1. The van der Waals surface area contributed by atoms with Gasteiger partial charge < -0.3 is 9.84 Å². The summed E-state index contributed by atoms with van der Waals surface area (Å²) in [7, 11) is 0. The first-order valence-electron chi connectivity index (χ1n) is 5.82. The van der Waals surface area contributed by atoms with Crippen LogP contribution in [0.2, 0.25) is 0 Å². The van der Waals surface area contributed by atoms with Gasteiger partial charge in [0.2, 0.25) is 0 Å². The van der Waals surface area contributed by atoms with Crippen LogP contribution < -0.4 is 4.74 Å². The molecule has 0 unspecified atom stereocenters. The molecule has 2 rings (SSSR count). The van der Waals surface area contributed by atoms with Gasteiger partial charge in [-0.2, -0.15) is 0 Å². The molecule has 5 nitrogen and oxygen atoms in total. The molecule has 1 aromatic rings. The van der Waals surface area contributed by atoms with Gasteiger partial charge in [0.1, 0.15) is 5.75 Å². The molecule has 0 fully saturated rings. The second-order valence-corrected chi connectivity index (χ2v) is 4.36. The molecule has 1 aliphatic heterocycles. The largest absolute Gasteiger partial charge is 0.491 e. The van der Waals surface area contributed by atoms with Crippen molar-refractivity contribution < 1.29 is 19.4 Å². The zero-order valence-corrected chi connectivity index (χ0v) is 10.3. The van der Waals surface area contributed by atoms with Crippen molar-refractivity contribution in [3.8, 4) is 5.75 Å². The molecule has 2 amide bonds. The fourth-order valence-corrected chi connectivity index (χ4v) is 1.92. The normalized spacial score (nSPS) is 14.3. The number of hydrogen-bond donors (Lipinski definition) is 1. The van der Waals surface area contributed by atoms with Crippen molar-refractivity contribution in [3.05, 3.63) is 29.3 Å². The van der Waals surface area contributed by atoms with Crippen LogP contribution in [0.4, 0.5) is 0 Å². The van der Waals surface area contributed by atoms with Gasteiger partial charge in [0.05, 0.1) is 30.4 Å². The van der Waals surface area contributed by atoms with Crippen LogP contribution in [-0.4, -0.2) is 41.1 Å². The molecule has 0 radical (unpaired) electrons. The lowest BCUT2D eigenvalue weighted by molar-refractivity contribution is 0.0624. The van der Waals surface area contributed by atoms with Crippen molar-refractivity contribution in [1.82, 2.24) is 4.90 Å². The molecule has 96 valence electrons. The lowest BCUT2D eigenvalue weighted by Gasteiger charge is -2.10. The Morgan fingerprint density at radius 2 is 1.89 bits per heavy atom. The molecule has 0 atom stereocenters. The first-order chi connectivity index (χ1) is 8.54. The third kappa shape index (κ3) is 2.09. The Balaban J connectivity index is 2.33. The molecule has 18 heavy (non-hydrogen) atoms. The van der Waals surface area contributed by atoms with E-state index in [0.29, 0.717) is 16.9 Å². The molecule has 0 saturated carbocycles. The quantitative estimate of drug-likeness (QED) is 0.810. The predicted octanol–water partition coefficient (Wildman–Crippen LogP) is 1.06. The van der Waals surface area contributed by atoms with E-state index >= 15 is 0 Å². The summed E-state index contributed by atoms with van der Waals surface area (Å²) in [6, 6.07) is 4.84. The second kappa shape index (κ2) is 4.78. The summed E-state index contributed by atoms with van der Waals surface area (Å²) in [5.41, 5.74) is 0.705. The highest BCUT2D eigenvalue weighted by molar-refractivity contribution is 6.21. The average Bonchev–Trinajstić information content (AvgIpc) is 2.54. The van der Waals surface area contributed by atoms with Crippen molar-refractivity contribution >= 4 is 11.8 Å². The number of ether oxygens (including phenoxy) is 1. The predicted molar refractivity (Wildman–Crippen MR) is 64.7 cm³/mol. The minimum absolute atomic E-state index is 0.00352. The van der Waals surface area contributed by atoms with E-state index in [9.17, 15) is 9.59 Å². The molecule has 0 saturated heterocycles. The second-order valence-electron chi connectivity index (χ2n) is 4.36. The number of benzene rings is 1. The van der Waals surface area contributed by atoms with E-state index in [1.807, 2.05) is 13.8 Å². The number of β-amino-alcohol motifs (C(OH)–C–C–N with tert-alkyl or cyclic N) is 1. The van der Waals surface area contributed by atoms with Gasteiger partial charge >= 0.3 is 0 Å². The Bertz CT molecular complexity index is 496. The Morgan fingerprint density at radius 3 is 2.50 bits per heavy atom. The van der Waals surface area contributed by atoms with Crippen LogP contribution in [-0.2, 0) is 0 Å². The maximum absolute atomic E-state index is 12.0. The Morgan fingerprint density at radius 1 is 1.22 bits per heavy atom. The summed E-state index contributed by atoms with van der Waals surface area (Å²) in [6.07, 6.45) is 0.00352. The number of carbonyl (C=O) groups excluding carboxylic acids is 2. The van der Waals surface area contributed by atoms with E-state index in [2.05, 4.69) is 0 Å². The molecule has 1 aliphatic rings. The van der Waals surface area contributed by atoms with Crippen molar-refractivity contribution in [3.63, 3.8) is 0 Å². The summed E-state index contributed by atoms with van der Waals surface area (Å²) in [4.78, 5) is 24.9. The third-order valence-corrected chi connectivity index (χ3v) is 2.64. The van der Waals surface area contributed by atoms with Gasteiger partial charge in [-0.25, -0.2) is 0 Å². The minimum Gasteiger partial charge on any atom is -0.491 e. The Kier molecular flexibility index (Phi) is 3.34. The Hall–Kier alpha value is -1.88. The van der Waals surface area contributed by atoms with Crippen molar-refractivity contribution in [2.45, 2.75) is 20.0 Å². The maximum Gasteiger partial charge on any atom is 0.261 e.